The molecule has 2 atom stereocenters. The third kappa shape index (κ3) is 7.94. The fourth-order valence-corrected chi connectivity index (χ4v) is 1.48. The molecular weight excluding hydrogens is 220 g/mol. The smallest absolute Gasteiger partial charge is 0.330 e. The Morgan fingerprint density at radius 2 is 2.18 bits per heavy atom. The van der Waals surface area contributed by atoms with Crippen LogP contribution in [-0.2, 0) is 19.0 Å². The van der Waals surface area contributed by atoms with E-state index >= 15 is 0 Å². The van der Waals surface area contributed by atoms with Crippen molar-refractivity contribution < 1.29 is 19.0 Å². The maximum absolute atomic E-state index is 10.8. The van der Waals surface area contributed by atoms with Crippen LogP contribution in [0.4, 0.5) is 0 Å². The molecule has 0 aromatic heterocycles. The van der Waals surface area contributed by atoms with Crippen molar-refractivity contribution in [2.45, 2.75) is 45.8 Å². The molecule has 0 N–H and O–H groups in total. The Balaban J connectivity index is 0.000000437. The number of ether oxygens (including phenoxy) is 3. The minimum absolute atomic E-state index is 0.0777. The van der Waals surface area contributed by atoms with Crippen LogP contribution in [0.3, 0.4) is 0 Å². The van der Waals surface area contributed by atoms with Gasteiger partial charge in [0.05, 0.1) is 6.10 Å². The highest BCUT2D eigenvalue weighted by molar-refractivity contribution is 5.81. The van der Waals surface area contributed by atoms with Crippen molar-refractivity contribution >= 4 is 5.97 Å². The first-order valence-corrected chi connectivity index (χ1v) is 6.18. The molecule has 0 radical (unpaired) electrons. The molecule has 1 rings (SSSR count). The summed E-state index contributed by atoms with van der Waals surface area (Å²) in [5.74, 6) is -0.377. The summed E-state index contributed by atoms with van der Waals surface area (Å²) < 4.78 is 15.2. The topological polar surface area (TPSA) is 44.8 Å². The van der Waals surface area contributed by atoms with E-state index in [0.29, 0.717) is 0 Å². The number of carbonyl (C=O) groups is 1. The normalized spacial score (nSPS) is 20.1. The van der Waals surface area contributed by atoms with E-state index in [-0.39, 0.29) is 18.2 Å². The minimum Gasteiger partial charge on any atom is -0.457 e. The molecule has 0 saturated carbocycles. The molecule has 2 unspecified atom stereocenters. The Morgan fingerprint density at radius 1 is 1.53 bits per heavy atom. The lowest BCUT2D eigenvalue weighted by molar-refractivity contribution is -0.147. The molecule has 0 spiro atoms. The van der Waals surface area contributed by atoms with E-state index in [1.165, 1.54) is 6.08 Å². The summed E-state index contributed by atoms with van der Waals surface area (Å²) in [6, 6.07) is 0. The van der Waals surface area contributed by atoms with Gasteiger partial charge in [0.15, 0.2) is 0 Å². The van der Waals surface area contributed by atoms with E-state index in [2.05, 4.69) is 6.58 Å². The van der Waals surface area contributed by atoms with Crippen molar-refractivity contribution in [1.29, 1.82) is 0 Å². The third-order valence-corrected chi connectivity index (χ3v) is 2.37. The standard InChI is InChI=1S/C9H14O3.C4H10O/c1-3-9(10)12-7(2)8-5-4-6-11-8;1-3-5-4-2/h3,7-8H,1,4-6H2,2H3;3-4H2,1-2H3. The summed E-state index contributed by atoms with van der Waals surface area (Å²) in [5.41, 5.74) is 0. The average Bonchev–Trinajstić information content (AvgIpc) is 2.84. The van der Waals surface area contributed by atoms with Gasteiger partial charge in [0.1, 0.15) is 6.10 Å². The van der Waals surface area contributed by atoms with Gasteiger partial charge in [-0.2, -0.15) is 0 Å². The highest BCUT2D eigenvalue weighted by atomic mass is 16.6. The van der Waals surface area contributed by atoms with Gasteiger partial charge in [-0.05, 0) is 33.6 Å². The molecule has 100 valence electrons. The molecule has 1 heterocycles. The molecular formula is C13H24O4. The second kappa shape index (κ2) is 10.3. The van der Waals surface area contributed by atoms with Crippen LogP contribution in [-0.4, -0.2) is 38.0 Å². The quantitative estimate of drug-likeness (QED) is 0.550. The lowest BCUT2D eigenvalue weighted by Crippen LogP contribution is -2.27. The van der Waals surface area contributed by atoms with Gasteiger partial charge in [-0.25, -0.2) is 4.79 Å². The van der Waals surface area contributed by atoms with E-state index in [4.69, 9.17) is 14.2 Å². The summed E-state index contributed by atoms with van der Waals surface area (Å²) in [7, 11) is 0. The molecule has 0 aliphatic carbocycles. The molecule has 1 fully saturated rings. The predicted octanol–water partition coefficient (Wildman–Crippen LogP) is 2.33. The fraction of sp³-hybridized carbons (Fsp3) is 0.769. The van der Waals surface area contributed by atoms with Crippen LogP contribution in [0.25, 0.3) is 0 Å². The third-order valence-electron chi connectivity index (χ3n) is 2.37. The molecule has 4 heteroatoms. The lowest BCUT2D eigenvalue weighted by atomic mass is 10.1. The number of carbonyl (C=O) groups excluding carboxylic acids is 1. The molecule has 0 aromatic carbocycles. The van der Waals surface area contributed by atoms with Crippen LogP contribution in [0.5, 0.6) is 0 Å². The van der Waals surface area contributed by atoms with Crippen LogP contribution in [0, 0.1) is 0 Å². The summed E-state index contributed by atoms with van der Waals surface area (Å²) >= 11 is 0. The number of esters is 1. The minimum atomic E-state index is -0.377. The first-order chi connectivity index (χ1) is 8.15. The maximum atomic E-state index is 10.8. The van der Waals surface area contributed by atoms with Gasteiger partial charge >= 0.3 is 5.97 Å². The SMILES string of the molecule is C=CC(=O)OC(C)C1CCCO1.CCOCC. The van der Waals surface area contributed by atoms with Gasteiger partial charge in [0, 0.05) is 25.9 Å². The van der Waals surface area contributed by atoms with Crippen LogP contribution >= 0.6 is 0 Å². The van der Waals surface area contributed by atoms with E-state index in [1.807, 2.05) is 20.8 Å². The van der Waals surface area contributed by atoms with E-state index in [1.54, 1.807) is 0 Å². The summed E-state index contributed by atoms with van der Waals surface area (Å²) in [5, 5.41) is 0. The Labute approximate surface area is 104 Å². The second-order valence-electron chi connectivity index (χ2n) is 3.68. The average molecular weight is 244 g/mol. The van der Waals surface area contributed by atoms with Gasteiger partial charge < -0.3 is 14.2 Å². The Morgan fingerprint density at radius 3 is 2.53 bits per heavy atom. The molecule has 0 bridgehead atoms. The van der Waals surface area contributed by atoms with Gasteiger partial charge in [0.2, 0.25) is 0 Å². The highest BCUT2D eigenvalue weighted by Crippen LogP contribution is 2.17. The summed E-state index contributed by atoms with van der Waals surface area (Å²) in [4.78, 5) is 10.8. The Hall–Kier alpha value is -0.870. The Bertz CT molecular complexity index is 207. The molecule has 0 amide bonds. The molecule has 1 saturated heterocycles. The largest absolute Gasteiger partial charge is 0.457 e. The van der Waals surface area contributed by atoms with Gasteiger partial charge in [-0.1, -0.05) is 6.58 Å². The fourth-order valence-electron chi connectivity index (χ4n) is 1.48. The van der Waals surface area contributed by atoms with Crippen molar-refractivity contribution in [3.8, 4) is 0 Å². The van der Waals surface area contributed by atoms with Crippen molar-refractivity contribution in [3.05, 3.63) is 12.7 Å². The maximum Gasteiger partial charge on any atom is 0.330 e. The molecule has 4 nitrogen and oxygen atoms in total. The number of hydrogen-bond acceptors (Lipinski definition) is 4. The zero-order valence-corrected chi connectivity index (χ0v) is 11.1. The van der Waals surface area contributed by atoms with E-state index in [0.717, 1.165) is 32.7 Å². The second-order valence-corrected chi connectivity index (χ2v) is 3.68. The van der Waals surface area contributed by atoms with Crippen molar-refractivity contribution in [2.24, 2.45) is 0 Å². The van der Waals surface area contributed by atoms with E-state index in [9.17, 15) is 4.79 Å². The molecule has 1 aliphatic rings. The van der Waals surface area contributed by atoms with Crippen LogP contribution in [0.2, 0.25) is 0 Å². The van der Waals surface area contributed by atoms with Crippen molar-refractivity contribution in [2.75, 3.05) is 19.8 Å². The zero-order chi connectivity index (χ0) is 13.1. The first kappa shape index (κ1) is 16.1. The summed E-state index contributed by atoms with van der Waals surface area (Å²) in [6.45, 7) is 11.6. The van der Waals surface area contributed by atoms with Crippen molar-refractivity contribution in [1.82, 2.24) is 0 Å². The Kier molecular flexibility index (Phi) is 9.77. The monoisotopic (exact) mass is 244 g/mol. The molecule has 0 aromatic rings. The van der Waals surface area contributed by atoms with Gasteiger partial charge in [0.25, 0.3) is 0 Å². The zero-order valence-electron chi connectivity index (χ0n) is 11.1. The van der Waals surface area contributed by atoms with Crippen LogP contribution in [0.15, 0.2) is 12.7 Å². The van der Waals surface area contributed by atoms with Crippen molar-refractivity contribution in [3.63, 3.8) is 0 Å². The van der Waals surface area contributed by atoms with E-state index < -0.39 is 0 Å². The molecule has 17 heavy (non-hydrogen) atoms. The van der Waals surface area contributed by atoms with Gasteiger partial charge in [-0.3, -0.25) is 0 Å². The lowest BCUT2D eigenvalue weighted by Gasteiger charge is -2.17. The number of rotatable bonds is 5. The van der Waals surface area contributed by atoms with Gasteiger partial charge in [-0.15, -0.1) is 0 Å². The first-order valence-electron chi connectivity index (χ1n) is 6.18. The van der Waals surface area contributed by atoms with Crippen LogP contribution < -0.4 is 0 Å². The van der Waals surface area contributed by atoms with Crippen LogP contribution in [0.1, 0.15) is 33.6 Å². The predicted molar refractivity (Wildman–Crippen MR) is 66.9 cm³/mol. The summed E-state index contributed by atoms with van der Waals surface area (Å²) in [6.07, 6.45) is 3.13. The highest BCUT2D eigenvalue weighted by Gasteiger charge is 2.24. The number of hydrogen-bond donors (Lipinski definition) is 0. The molecule has 1 aliphatic heterocycles.